The van der Waals surface area contributed by atoms with Crippen molar-refractivity contribution in [3.05, 3.63) is 65.7 Å². The molecule has 3 rings (SSSR count). The fraction of sp³-hybridized carbons (Fsp3) is 0.176. The van der Waals surface area contributed by atoms with Gasteiger partial charge in [-0.15, -0.1) is 0 Å². The summed E-state index contributed by atoms with van der Waals surface area (Å²) in [5, 5.41) is 10.9. The second-order valence-electron chi connectivity index (χ2n) is 5.05. The van der Waals surface area contributed by atoms with Gasteiger partial charge in [0.2, 0.25) is 5.96 Å². The van der Waals surface area contributed by atoms with Crippen LogP contribution in [0.2, 0.25) is 0 Å². The van der Waals surface area contributed by atoms with E-state index in [0.29, 0.717) is 5.56 Å². The first kappa shape index (κ1) is 13.4. The topological polar surface area (TPSA) is 56.2 Å². The lowest BCUT2D eigenvalue weighted by atomic mass is 10.0. The molecule has 1 aliphatic rings. The summed E-state index contributed by atoms with van der Waals surface area (Å²) in [5.74, 6) is -0.111. The maximum absolute atomic E-state index is 12.1. The van der Waals surface area contributed by atoms with Crippen LogP contribution in [-0.4, -0.2) is 18.4 Å². The highest BCUT2D eigenvalue weighted by Gasteiger charge is 2.21. The molecule has 0 fully saturated rings. The van der Waals surface area contributed by atoms with E-state index < -0.39 is 0 Å². The molecule has 0 atom stereocenters. The monoisotopic (exact) mass is 279 g/mol. The summed E-state index contributed by atoms with van der Waals surface area (Å²) in [4.78, 5) is 14.0. The Morgan fingerprint density at radius 2 is 1.76 bits per heavy atom. The van der Waals surface area contributed by atoms with Gasteiger partial charge in [-0.1, -0.05) is 36.4 Å². The normalized spacial score (nSPS) is 13.4. The minimum atomic E-state index is -0.247. The van der Waals surface area contributed by atoms with Gasteiger partial charge in [0.1, 0.15) is 0 Å². The van der Waals surface area contributed by atoms with Crippen LogP contribution >= 0.6 is 0 Å². The average Bonchev–Trinajstić information content (AvgIpc) is 2.55. The van der Waals surface area contributed by atoms with Crippen LogP contribution in [0.4, 0.5) is 5.69 Å². The molecular weight excluding hydrogens is 262 g/mol. The van der Waals surface area contributed by atoms with Crippen LogP contribution in [0.25, 0.3) is 0 Å². The predicted molar refractivity (Wildman–Crippen MR) is 83.7 cm³/mol. The number of rotatable bonds is 1. The van der Waals surface area contributed by atoms with Crippen molar-refractivity contribution in [3.8, 4) is 0 Å². The summed E-state index contributed by atoms with van der Waals surface area (Å²) >= 11 is 0. The molecule has 21 heavy (non-hydrogen) atoms. The first-order valence-corrected chi connectivity index (χ1v) is 7.06. The summed E-state index contributed by atoms with van der Waals surface area (Å²) in [6.07, 6.45) is 2.01. The molecule has 2 aromatic carbocycles. The zero-order valence-corrected chi connectivity index (χ0v) is 11.7. The van der Waals surface area contributed by atoms with Gasteiger partial charge in [-0.05, 0) is 36.6 Å². The Bertz CT molecular complexity index is 667. The number of fused-ring (bicyclic) bond motifs is 1. The molecule has 0 bridgehead atoms. The molecule has 1 amide bonds. The van der Waals surface area contributed by atoms with E-state index in [2.05, 4.69) is 11.4 Å². The Balaban J connectivity index is 1.76. The summed E-state index contributed by atoms with van der Waals surface area (Å²) in [7, 11) is 0. The average molecular weight is 279 g/mol. The van der Waals surface area contributed by atoms with E-state index in [4.69, 9.17) is 5.41 Å². The zero-order valence-electron chi connectivity index (χ0n) is 11.7. The van der Waals surface area contributed by atoms with Crippen LogP contribution < -0.4 is 10.2 Å². The number of para-hydroxylation sites is 1. The van der Waals surface area contributed by atoms with Gasteiger partial charge in [-0.25, -0.2) is 0 Å². The van der Waals surface area contributed by atoms with E-state index in [1.165, 1.54) is 5.56 Å². The molecule has 0 spiro atoms. The van der Waals surface area contributed by atoms with Crippen LogP contribution in [-0.2, 0) is 6.42 Å². The van der Waals surface area contributed by atoms with Crippen LogP contribution in [0.15, 0.2) is 54.6 Å². The number of carbonyl (C=O) groups is 1. The van der Waals surface area contributed by atoms with Crippen LogP contribution in [0.3, 0.4) is 0 Å². The molecule has 0 aromatic heterocycles. The molecule has 4 heteroatoms. The van der Waals surface area contributed by atoms with Crippen molar-refractivity contribution >= 4 is 17.6 Å². The van der Waals surface area contributed by atoms with Crippen molar-refractivity contribution in [2.24, 2.45) is 0 Å². The quantitative estimate of drug-likeness (QED) is 0.623. The van der Waals surface area contributed by atoms with Crippen molar-refractivity contribution in [1.29, 1.82) is 5.41 Å². The number of aryl methyl sites for hydroxylation is 1. The third kappa shape index (κ3) is 2.79. The first-order valence-electron chi connectivity index (χ1n) is 7.06. The number of hydrogen-bond acceptors (Lipinski definition) is 2. The predicted octanol–water partition coefficient (Wildman–Crippen LogP) is 2.80. The standard InChI is InChI=1S/C17H17N3O/c18-17(19-16(21)14-8-2-1-3-9-14)20-12-6-10-13-7-4-5-11-15(13)20/h1-5,7-9,11H,6,10,12H2,(H2,18,19,21). The number of hydrogen-bond donors (Lipinski definition) is 2. The number of amides is 1. The van der Waals surface area contributed by atoms with Gasteiger partial charge in [-0.2, -0.15) is 0 Å². The van der Waals surface area contributed by atoms with Crippen LogP contribution in [0, 0.1) is 5.41 Å². The highest BCUT2D eigenvalue weighted by molar-refractivity contribution is 6.10. The molecule has 1 heterocycles. The lowest BCUT2D eigenvalue weighted by molar-refractivity contribution is 0.0976. The Morgan fingerprint density at radius 1 is 1.05 bits per heavy atom. The van der Waals surface area contributed by atoms with Crippen molar-refractivity contribution in [1.82, 2.24) is 5.32 Å². The molecule has 0 saturated heterocycles. The van der Waals surface area contributed by atoms with Gasteiger partial charge in [0.15, 0.2) is 0 Å². The molecule has 0 radical (unpaired) electrons. The Labute approximate surface area is 123 Å². The highest BCUT2D eigenvalue weighted by atomic mass is 16.1. The number of nitrogens with zero attached hydrogens (tertiary/aromatic N) is 1. The highest BCUT2D eigenvalue weighted by Crippen LogP contribution is 2.26. The molecule has 0 aliphatic carbocycles. The second-order valence-corrected chi connectivity index (χ2v) is 5.05. The van der Waals surface area contributed by atoms with E-state index in [1.807, 2.05) is 41.3 Å². The smallest absolute Gasteiger partial charge is 0.257 e. The number of nitrogens with one attached hydrogen (secondary N) is 2. The molecular formula is C17H17N3O. The zero-order chi connectivity index (χ0) is 14.7. The molecule has 1 aliphatic heterocycles. The Morgan fingerprint density at radius 3 is 2.57 bits per heavy atom. The molecule has 0 saturated carbocycles. The molecule has 0 unspecified atom stereocenters. The minimum absolute atomic E-state index is 0.135. The Hall–Kier alpha value is -2.62. The maximum atomic E-state index is 12.1. The second kappa shape index (κ2) is 5.79. The van der Waals surface area contributed by atoms with Crippen molar-refractivity contribution in [2.75, 3.05) is 11.4 Å². The Kier molecular flexibility index (Phi) is 3.69. The maximum Gasteiger partial charge on any atom is 0.257 e. The molecule has 4 nitrogen and oxygen atoms in total. The van der Waals surface area contributed by atoms with E-state index >= 15 is 0 Å². The van der Waals surface area contributed by atoms with E-state index in [-0.39, 0.29) is 11.9 Å². The lowest BCUT2D eigenvalue weighted by Crippen LogP contribution is -2.45. The third-order valence-electron chi connectivity index (χ3n) is 3.65. The van der Waals surface area contributed by atoms with E-state index in [9.17, 15) is 4.79 Å². The van der Waals surface area contributed by atoms with Crippen LogP contribution in [0.1, 0.15) is 22.3 Å². The SMILES string of the molecule is N=C(NC(=O)c1ccccc1)N1CCCc2ccccc21. The number of carbonyl (C=O) groups excluding carboxylic acids is 1. The molecule has 106 valence electrons. The van der Waals surface area contributed by atoms with Gasteiger partial charge >= 0.3 is 0 Å². The minimum Gasteiger partial charge on any atom is -0.312 e. The van der Waals surface area contributed by atoms with E-state index in [1.54, 1.807) is 12.1 Å². The summed E-state index contributed by atoms with van der Waals surface area (Å²) in [6.45, 7) is 0.755. The third-order valence-corrected chi connectivity index (χ3v) is 3.65. The van der Waals surface area contributed by atoms with Gasteiger partial charge in [0, 0.05) is 17.8 Å². The van der Waals surface area contributed by atoms with Gasteiger partial charge in [0.25, 0.3) is 5.91 Å². The fourth-order valence-corrected chi connectivity index (χ4v) is 2.60. The number of benzene rings is 2. The van der Waals surface area contributed by atoms with Crippen molar-refractivity contribution < 1.29 is 4.79 Å². The summed E-state index contributed by atoms with van der Waals surface area (Å²) in [6, 6.07) is 17.0. The summed E-state index contributed by atoms with van der Waals surface area (Å²) in [5.41, 5.74) is 2.80. The van der Waals surface area contributed by atoms with Crippen molar-refractivity contribution in [3.63, 3.8) is 0 Å². The number of guanidine groups is 1. The fourth-order valence-electron chi connectivity index (χ4n) is 2.60. The van der Waals surface area contributed by atoms with Crippen molar-refractivity contribution in [2.45, 2.75) is 12.8 Å². The summed E-state index contributed by atoms with van der Waals surface area (Å²) < 4.78 is 0. The first-order chi connectivity index (χ1) is 10.3. The van der Waals surface area contributed by atoms with Crippen LogP contribution in [0.5, 0.6) is 0 Å². The van der Waals surface area contributed by atoms with Gasteiger partial charge in [0.05, 0.1) is 0 Å². The molecule has 2 N–H and O–H groups in total. The van der Waals surface area contributed by atoms with E-state index in [0.717, 1.165) is 25.1 Å². The largest absolute Gasteiger partial charge is 0.312 e. The van der Waals surface area contributed by atoms with Gasteiger partial charge in [-0.3, -0.25) is 15.5 Å². The number of anilines is 1. The van der Waals surface area contributed by atoms with Gasteiger partial charge < -0.3 is 4.90 Å². The molecule has 2 aromatic rings. The lowest BCUT2D eigenvalue weighted by Gasteiger charge is -2.31.